The fourth-order valence-electron chi connectivity index (χ4n) is 10.1. The van der Waals surface area contributed by atoms with Crippen LogP contribution in [0.25, 0.3) is 0 Å². The Hall–Kier alpha value is -1.04. The summed E-state index contributed by atoms with van der Waals surface area (Å²) in [4.78, 5) is 0. The standard InChI is InChI=1S/C33H50.C2H6/c1-21-18-26-31(9,17-16-30(8)24(4)23(3)22(2)19-33(26,30)11)32(10)15-14-29(7)13-12-28(5,6)20-25(29)27(21)32;1-2/h18-19,24-25,27H,1,3,12-17,20H2,2,4-11H3;1-2H3/t24?,25?,27?,29?,30-,31?,32+,33?;/m0./s1. The van der Waals surface area contributed by atoms with Crippen LogP contribution in [-0.2, 0) is 0 Å². The number of hydrogen-bond acceptors (Lipinski definition) is 0. The fraction of sp³-hybridized carbons (Fsp3) is 0.771. The van der Waals surface area contributed by atoms with Crippen molar-refractivity contribution in [3.05, 3.63) is 47.6 Å². The highest BCUT2D eigenvalue weighted by atomic mass is 14.7. The Morgan fingerprint density at radius 1 is 0.800 bits per heavy atom. The van der Waals surface area contributed by atoms with Crippen LogP contribution in [0.1, 0.15) is 121 Å². The molecule has 0 aromatic heterocycles. The molecule has 35 heavy (non-hydrogen) atoms. The van der Waals surface area contributed by atoms with Crippen LogP contribution in [0.4, 0.5) is 0 Å². The van der Waals surface area contributed by atoms with Crippen molar-refractivity contribution in [2.75, 3.05) is 0 Å². The van der Waals surface area contributed by atoms with Crippen molar-refractivity contribution >= 4 is 0 Å². The number of fused-ring (bicyclic) bond motifs is 7. The molecule has 0 spiro atoms. The lowest BCUT2D eigenvalue weighted by atomic mass is 9.33. The molecule has 5 aliphatic carbocycles. The zero-order valence-corrected chi connectivity index (χ0v) is 25.3. The summed E-state index contributed by atoms with van der Waals surface area (Å²) in [6.07, 6.45) is 14.8. The van der Waals surface area contributed by atoms with E-state index in [4.69, 9.17) is 6.58 Å². The summed E-state index contributed by atoms with van der Waals surface area (Å²) in [5.41, 5.74) is 7.72. The van der Waals surface area contributed by atoms with Gasteiger partial charge in [-0.15, -0.1) is 0 Å². The molecule has 3 fully saturated rings. The van der Waals surface area contributed by atoms with E-state index < -0.39 is 0 Å². The van der Waals surface area contributed by atoms with E-state index in [2.05, 4.69) is 81.0 Å². The molecule has 8 atom stereocenters. The largest absolute Gasteiger partial charge is 0.0955 e. The van der Waals surface area contributed by atoms with Gasteiger partial charge in [0.15, 0.2) is 0 Å². The van der Waals surface area contributed by atoms with Gasteiger partial charge in [0.05, 0.1) is 0 Å². The van der Waals surface area contributed by atoms with Gasteiger partial charge in [-0.2, -0.15) is 0 Å². The van der Waals surface area contributed by atoms with Crippen molar-refractivity contribution in [2.45, 2.75) is 121 Å². The molecule has 5 rings (SSSR count). The van der Waals surface area contributed by atoms with Crippen molar-refractivity contribution in [1.82, 2.24) is 0 Å². The van der Waals surface area contributed by atoms with Crippen LogP contribution in [0.3, 0.4) is 0 Å². The summed E-state index contributed by atoms with van der Waals surface area (Å²) in [6.45, 7) is 36.3. The fourth-order valence-corrected chi connectivity index (χ4v) is 10.1. The van der Waals surface area contributed by atoms with E-state index in [1.807, 2.05) is 13.8 Å². The molecule has 196 valence electrons. The first-order chi connectivity index (χ1) is 16.0. The molecule has 0 heteroatoms. The van der Waals surface area contributed by atoms with Crippen LogP contribution >= 0.6 is 0 Å². The van der Waals surface area contributed by atoms with E-state index in [-0.39, 0.29) is 16.2 Å². The number of rotatable bonds is 0. The molecule has 0 aliphatic heterocycles. The van der Waals surface area contributed by atoms with Crippen LogP contribution in [-0.4, -0.2) is 0 Å². The maximum atomic E-state index is 4.87. The second kappa shape index (κ2) is 7.98. The Bertz CT molecular complexity index is 988. The molecule has 0 saturated heterocycles. The van der Waals surface area contributed by atoms with Crippen LogP contribution in [0.15, 0.2) is 47.6 Å². The number of hydrogen-bond donors (Lipinski definition) is 0. The lowest BCUT2D eigenvalue weighted by Crippen LogP contribution is -2.63. The van der Waals surface area contributed by atoms with Gasteiger partial charge in [-0.05, 0) is 102 Å². The van der Waals surface area contributed by atoms with Crippen LogP contribution in [0.5, 0.6) is 0 Å². The quantitative estimate of drug-likeness (QED) is 0.326. The SMILES string of the molecule is C=C1C(C)=CC2(C)C3=CC(=C)C4C5CC(C)(C)CCC5(C)CC[C@@]4(C)C3(C)CC[C@@]2(C)C1C.CC. The summed E-state index contributed by atoms with van der Waals surface area (Å²) in [6, 6.07) is 0. The third-order valence-corrected chi connectivity index (χ3v) is 13.3. The normalized spacial score (nSPS) is 50.3. The van der Waals surface area contributed by atoms with Crippen LogP contribution in [0, 0.1) is 50.2 Å². The van der Waals surface area contributed by atoms with E-state index in [1.165, 1.54) is 61.7 Å². The van der Waals surface area contributed by atoms with Crippen LogP contribution in [0.2, 0.25) is 0 Å². The number of allylic oxidation sites excluding steroid dienone is 6. The molecule has 0 N–H and O–H groups in total. The monoisotopic (exact) mass is 476 g/mol. The van der Waals surface area contributed by atoms with Gasteiger partial charge in [-0.1, -0.05) is 111 Å². The summed E-state index contributed by atoms with van der Waals surface area (Å²) >= 11 is 0. The van der Waals surface area contributed by atoms with Gasteiger partial charge >= 0.3 is 0 Å². The van der Waals surface area contributed by atoms with Crippen molar-refractivity contribution in [3.8, 4) is 0 Å². The smallest absolute Gasteiger partial charge is 0.0136 e. The van der Waals surface area contributed by atoms with Crippen molar-refractivity contribution in [3.63, 3.8) is 0 Å². The zero-order chi connectivity index (χ0) is 26.4. The average Bonchev–Trinajstić information content (AvgIpc) is 2.79. The first-order valence-electron chi connectivity index (χ1n) is 14.8. The summed E-state index contributed by atoms with van der Waals surface area (Å²) in [7, 11) is 0. The van der Waals surface area contributed by atoms with Crippen molar-refractivity contribution in [2.24, 2.45) is 50.2 Å². The molecule has 0 nitrogen and oxygen atoms in total. The van der Waals surface area contributed by atoms with E-state index in [0.29, 0.717) is 28.1 Å². The minimum Gasteiger partial charge on any atom is -0.0955 e. The van der Waals surface area contributed by atoms with Crippen molar-refractivity contribution in [1.29, 1.82) is 0 Å². The molecule has 0 heterocycles. The van der Waals surface area contributed by atoms with E-state index in [0.717, 1.165) is 5.92 Å². The van der Waals surface area contributed by atoms with E-state index >= 15 is 0 Å². The molecule has 0 aromatic rings. The summed E-state index contributed by atoms with van der Waals surface area (Å²) in [5.74, 6) is 1.91. The topological polar surface area (TPSA) is 0 Å². The second-order valence-electron chi connectivity index (χ2n) is 15.2. The molecular weight excluding hydrogens is 420 g/mol. The molecule has 5 aliphatic rings. The van der Waals surface area contributed by atoms with Crippen LogP contribution < -0.4 is 0 Å². The zero-order valence-electron chi connectivity index (χ0n) is 25.3. The molecule has 0 amide bonds. The average molecular weight is 477 g/mol. The lowest BCUT2D eigenvalue weighted by molar-refractivity contribution is -0.143. The molecule has 0 bridgehead atoms. The van der Waals surface area contributed by atoms with E-state index in [1.54, 1.807) is 5.57 Å². The maximum Gasteiger partial charge on any atom is 0.0136 e. The Kier molecular flexibility index (Phi) is 6.16. The first-order valence-corrected chi connectivity index (χ1v) is 14.8. The molecule has 6 unspecified atom stereocenters. The summed E-state index contributed by atoms with van der Waals surface area (Å²) in [5, 5.41) is 0. The highest BCUT2D eigenvalue weighted by Crippen LogP contribution is 2.77. The second-order valence-corrected chi connectivity index (χ2v) is 15.2. The minimum atomic E-state index is 0.0776. The Balaban J connectivity index is 0.00000141. The molecule has 0 aromatic carbocycles. The van der Waals surface area contributed by atoms with Crippen molar-refractivity contribution < 1.29 is 0 Å². The third-order valence-electron chi connectivity index (χ3n) is 13.3. The van der Waals surface area contributed by atoms with Gasteiger partial charge in [-0.25, -0.2) is 0 Å². The lowest BCUT2D eigenvalue weighted by Gasteiger charge is -2.71. The molecular formula is C35H56. The Morgan fingerprint density at radius 2 is 1.37 bits per heavy atom. The third kappa shape index (κ3) is 3.29. The van der Waals surface area contributed by atoms with Gasteiger partial charge in [0.1, 0.15) is 0 Å². The Labute approximate surface area is 218 Å². The predicted molar refractivity (Wildman–Crippen MR) is 154 cm³/mol. The van der Waals surface area contributed by atoms with Gasteiger partial charge in [0.2, 0.25) is 0 Å². The highest BCUT2D eigenvalue weighted by molar-refractivity contribution is 5.51. The maximum absolute atomic E-state index is 4.87. The highest BCUT2D eigenvalue weighted by Gasteiger charge is 2.68. The Morgan fingerprint density at radius 3 is 2.00 bits per heavy atom. The minimum absolute atomic E-state index is 0.0776. The predicted octanol–water partition coefficient (Wildman–Crippen LogP) is 10.7. The van der Waals surface area contributed by atoms with Gasteiger partial charge in [-0.3, -0.25) is 0 Å². The first kappa shape index (κ1) is 27.0. The van der Waals surface area contributed by atoms with Gasteiger partial charge < -0.3 is 0 Å². The van der Waals surface area contributed by atoms with E-state index in [9.17, 15) is 0 Å². The van der Waals surface area contributed by atoms with Gasteiger partial charge in [0, 0.05) is 5.41 Å². The molecule has 0 radical (unpaired) electrons. The summed E-state index contributed by atoms with van der Waals surface area (Å²) < 4.78 is 0. The molecule has 3 saturated carbocycles. The van der Waals surface area contributed by atoms with Gasteiger partial charge in [0.25, 0.3) is 0 Å².